The lowest BCUT2D eigenvalue weighted by atomic mass is 9.98. The van der Waals surface area contributed by atoms with Crippen LogP contribution in [0.5, 0.6) is 5.75 Å². The van der Waals surface area contributed by atoms with Crippen LogP contribution in [0.2, 0.25) is 0 Å². The summed E-state index contributed by atoms with van der Waals surface area (Å²) < 4.78 is 30.0. The lowest BCUT2D eigenvalue weighted by Crippen LogP contribution is -2.31. The van der Waals surface area contributed by atoms with Gasteiger partial charge in [0.25, 0.3) is 5.69 Å². The van der Waals surface area contributed by atoms with Crippen LogP contribution < -0.4 is 4.74 Å². The number of sulfone groups is 1. The summed E-state index contributed by atoms with van der Waals surface area (Å²) in [6.07, 6.45) is 0. The number of nitro groups is 1. The Kier molecular flexibility index (Phi) is 4.91. The summed E-state index contributed by atoms with van der Waals surface area (Å²) in [5.74, 6) is -0.0273. The van der Waals surface area contributed by atoms with Gasteiger partial charge in [-0.15, -0.1) is 0 Å². The van der Waals surface area contributed by atoms with Crippen molar-refractivity contribution in [2.45, 2.75) is 17.4 Å². The fourth-order valence-electron chi connectivity index (χ4n) is 2.26. The van der Waals surface area contributed by atoms with Gasteiger partial charge in [0.2, 0.25) is 0 Å². The maximum Gasteiger partial charge on any atom is 0.269 e. The van der Waals surface area contributed by atoms with E-state index in [0.29, 0.717) is 5.75 Å². The summed E-state index contributed by atoms with van der Waals surface area (Å²) >= 11 is 0. The summed E-state index contributed by atoms with van der Waals surface area (Å²) in [6.45, 7) is 1.36. The second kappa shape index (κ2) is 6.58. The van der Waals surface area contributed by atoms with Gasteiger partial charge in [-0.2, -0.15) is 0 Å². The Balaban J connectivity index is 2.27. The minimum Gasteiger partial charge on any atom is -0.497 e. The van der Waals surface area contributed by atoms with Crippen LogP contribution in [0.1, 0.15) is 12.5 Å². The fourth-order valence-corrected chi connectivity index (χ4v) is 3.89. The van der Waals surface area contributed by atoms with Gasteiger partial charge in [0.1, 0.15) is 11.4 Å². The highest BCUT2D eigenvalue weighted by atomic mass is 32.2. The van der Waals surface area contributed by atoms with Crippen LogP contribution >= 0.6 is 0 Å². The molecule has 7 nitrogen and oxygen atoms in total. The van der Waals surface area contributed by atoms with E-state index in [2.05, 4.69) is 0 Å². The molecule has 0 spiro atoms. The van der Waals surface area contributed by atoms with Crippen molar-refractivity contribution in [2.75, 3.05) is 12.9 Å². The third-order valence-electron chi connectivity index (χ3n) is 3.59. The van der Waals surface area contributed by atoms with Gasteiger partial charge in [-0.3, -0.25) is 10.1 Å². The molecule has 0 aliphatic heterocycles. The van der Waals surface area contributed by atoms with Crippen molar-refractivity contribution in [3.05, 3.63) is 64.2 Å². The van der Waals surface area contributed by atoms with Crippen molar-refractivity contribution in [2.24, 2.45) is 0 Å². The van der Waals surface area contributed by atoms with Gasteiger partial charge in [0.15, 0.2) is 9.84 Å². The molecule has 8 heteroatoms. The monoisotopic (exact) mass is 351 g/mol. The highest BCUT2D eigenvalue weighted by Gasteiger charge is 2.31. The molecule has 0 saturated heterocycles. The number of nitrogens with zero attached hydrogens (tertiary/aromatic N) is 1. The molecular weight excluding hydrogens is 334 g/mol. The third-order valence-corrected chi connectivity index (χ3v) is 5.52. The first kappa shape index (κ1) is 17.9. The normalized spacial score (nSPS) is 14.0. The Hall–Kier alpha value is -2.45. The largest absolute Gasteiger partial charge is 0.497 e. The second-order valence-electron chi connectivity index (χ2n) is 5.51. The van der Waals surface area contributed by atoms with E-state index >= 15 is 0 Å². The average Bonchev–Trinajstić information content (AvgIpc) is 2.54. The minimum absolute atomic E-state index is 0.0606. The van der Waals surface area contributed by atoms with Gasteiger partial charge in [-0.1, -0.05) is 0 Å². The topological polar surface area (TPSA) is 107 Å². The van der Waals surface area contributed by atoms with Crippen molar-refractivity contribution in [1.82, 2.24) is 0 Å². The highest BCUT2D eigenvalue weighted by molar-refractivity contribution is 7.91. The van der Waals surface area contributed by atoms with Crippen LogP contribution in [-0.4, -0.2) is 31.3 Å². The van der Waals surface area contributed by atoms with E-state index in [1.165, 1.54) is 62.6 Å². The highest BCUT2D eigenvalue weighted by Crippen LogP contribution is 2.28. The summed E-state index contributed by atoms with van der Waals surface area (Å²) in [7, 11) is -2.28. The van der Waals surface area contributed by atoms with E-state index in [0.717, 1.165) is 0 Å². The summed E-state index contributed by atoms with van der Waals surface area (Å²) in [6, 6.07) is 11.0. The van der Waals surface area contributed by atoms with Crippen molar-refractivity contribution >= 4 is 15.5 Å². The first-order valence-electron chi connectivity index (χ1n) is 7.00. The zero-order chi connectivity index (χ0) is 18.0. The Morgan fingerprint density at radius 2 is 1.67 bits per heavy atom. The molecule has 24 heavy (non-hydrogen) atoms. The van der Waals surface area contributed by atoms with Crippen LogP contribution in [-0.2, 0) is 15.4 Å². The number of hydrogen-bond acceptors (Lipinski definition) is 6. The number of non-ortho nitro benzene ring substituents is 1. The van der Waals surface area contributed by atoms with E-state index in [-0.39, 0.29) is 16.1 Å². The number of hydrogen-bond donors (Lipinski definition) is 1. The van der Waals surface area contributed by atoms with Gasteiger partial charge in [0.05, 0.1) is 22.7 Å². The van der Waals surface area contributed by atoms with Gasteiger partial charge >= 0.3 is 0 Å². The number of nitro benzene ring substituents is 1. The summed E-state index contributed by atoms with van der Waals surface area (Å²) in [5.41, 5.74) is -1.54. The van der Waals surface area contributed by atoms with E-state index in [9.17, 15) is 23.6 Å². The van der Waals surface area contributed by atoms with Gasteiger partial charge in [-0.25, -0.2) is 8.42 Å². The SMILES string of the molecule is COc1ccc(S(=O)(=O)CC(C)(O)c2ccc([N+](=O)[O-])cc2)cc1. The number of ether oxygens (including phenoxy) is 1. The van der Waals surface area contributed by atoms with E-state index in [4.69, 9.17) is 4.74 Å². The molecule has 0 aliphatic carbocycles. The molecule has 0 aliphatic rings. The van der Waals surface area contributed by atoms with Crippen molar-refractivity contribution < 1.29 is 23.2 Å². The number of benzene rings is 2. The smallest absolute Gasteiger partial charge is 0.269 e. The molecule has 0 radical (unpaired) electrons. The molecule has 1 unspecified atom stereocenters. The van der Waals surface area contributed by atoms with Crippen LogP contribution in [0.4, 0.5) is 5.69 Å². The number of aliphatic hydroxyl groups is 1. The first-order valence-corrected chi connectivity index (χ1v) is 8.65. The van der Waals surface area contributed by atoms with Crippen molar-refractivity contribution in [1.29, 1.82) is 0 Å². The predicted molar refractivity (Wildman–Crippen MR) is 87.7 cm³/mol. The van der Waals surface area contributed by atoms with Gasteiger partial charge < -0.3 is 9.84 Å². The molecule has 0 aromatic heterocycles. The Labute approximate surface area is 139 Å². The van der Waals surface area contributed by atoms with E-state index in [1.54, 1.807) is 0 Å². The maximum absolute atomic E-state index is 12.5. The molecule has 0 fully saturated rings. The lowest BCUT2D eigenvalue weighted by molar-refractivity contribution is -0.384. The fraction of sp³-hybridized carbons (Fsp3) is 0.250. The molecule has 128 valence electrons. The quantitative estimate of drug-likeness (QED) is 0.632. The summed E-state index contributed by atoms with van der Waals surface area (Å²) in [4.78, 5) is 10.2. The van der Waals surface area contributed by atoms with Crippen molar-refractivity contribution in [3.63, 3.8) is 0 Å². The Morgan fingerprint density at radius 1 is 1.12 bits per heavy atom. The molecule has 0 bridgehead atoms. The van der Waals surface area contributed by atoms with Gasteiger partial charge in [-0.05, 0) is 48.9 Å². The molecule has 2 aromatic carbocycles. The predicted octanol–water partition coefficient (Wildman–Crippen LogP) is 2.28. The first-order chi connectivity index (χ1) is 11.2. The van der Waals surface area contributed by atoms with Crippen LogP contribution in [0.3, 0.4) is 0 Å². The summed E-state index contributed by atoms with van der Waals surface area (Å²) in [5, 5.41) is 21.2. The molecule has 0 heterocycles. The Morgan fingerprint density at radius 3 is 2.12 bits per heavy atom. The lowest BCUT2D eigenvalue weighted by Gasteiger charge is -2.23. The molecular formula is C16H17NO6S. The van der Waals surface area contributed by atoms with Gasteiger partial charge in [0, 0.05) is 12.1 Å². The van der Waals surface area contributed by atoms with Crippen molar-refractivity contribution in [3.8, 4) is 5.75 Å². The van der Waals surface area contributed by atoms with Crippen LogP contribution in [0.25, 0.3) is 0 Å². The molecule has 0 saturated carbocycles. The van der Waals surface area contributed by atoms with Crippen LogP contribution in [0, 0.1) is 10.1 Å². The molecule has 1 N–H and O–H groups in total. The number of methoxy groups -OCH3 is 1. The molecule has 2 aromatic rings. The average molecular weight is 351 g/mol. The number of rotatable bonds is 6. The van der Waals surface area contributed by atoms with Crippen LogP contribution in [0.15, 0.2) is 53.4 Å². The third kappa shape index (κ3) is 3.90. The molecule has 1 atom stereocenters. The van der Waals surface area contributed by atoms with E-state index in [1.807, 2.05) is 0 Å². The zero-order valence-electron chi connectivity index (χ0n) is 13.2. The van der Waals surface area contributed by atoms with E-state index < -0.39 is 26.1 Å². The molecule has 0 amide bonds. The zero-order valence-corrected chi connectivity index (χ0v) is 14.0. The minimum atomic E-state index is -3.76. The Bertz CT molecular complexity index is 826. The molecule has 2 rings (SSSR count). The maximum atomic E-state index is 12.5. The standard InChI is InChI=1S/C16H17NO6S/c1-16(18,12-3-5-13(6-4-12)17(19)20)11-24(21,22)15-9-7-14(23-2)8-10-15/h3-10,18H,11H2,1-2H3. The second-order valence-corrected chi connectivity index (χ2v) is 7.50.